The first-order chi connectivity index (χ1) is 15.1. The number of benzene rings is 3. The largest absolute Gasteiger partial charge is 0.493 e. The molecule has 1 heterocycles. The standard InChI is InChI=1S/C27H30N2O2/c1-20(2)17-19-31-25-15-9-7-13-23(25)26-28-24-14-8-6-12-22(24)27(30)29(26)18-16-21-10-4-3-5-11-21/h3-15,20,26,28H,16-19H2,1-2H3. The minimum atomic E-state index is -0.277. The molecule has 4 heteroatoms. The zero-order chi connectivity index (χ0) is 21.6. The number of carbonyl (C=O) groups excluding carboxylic acids is 1. The molecule has 1 unspecified atom stereocenters. The molecule has 0 saturated carbocycles. The zero-order valence-corrected chi connectivity index (χ0v) is 18.3. The molecular formula is C27H30N2O2. The number of anilines is 1. The minimum absolute atomic E-state index is 0.0484. The van der Waals surface area contributed by atoms with Crippen LogP contribution in [-0.4, -0.2) is 24.0 Å². The van der Waals surface area contributed by atoms with Gasteiger partial charge in [-0.05, 0) is 42.5 Å². The third-order valence-electron chi connectivity index (χ3n) is 5.67. The van der Waals surface area contributed by atoms with E-state index in [1.807, 2.05) is 65.6 Å². The lowest BCUT2D eigenvalue weighted by molar-refractivity contribution is 0.0683. The van der Waals surface area contributed by atoms with Crippen LogP contribution >= 0.6 is 0 Å². The molecule has 4 rings (SSSR count). The van der Waals surface area contributed by atoms with Gasteiger partial charge in [0.05, 0.1) is 12.2 Å². The van der Waals surface area contributed by atoms with Crippen molar-refractivity contribution < 1.29 is 9.53 Å². The van der Waals surface area contributed by atoms with E-state index in [1.54, 1.807) is 0 Å². The van der Waals surface area contributed by atoms with Gasteiger partial charge in [0.15, 0.2) is 0 Å². The van der Waals surface area contributed by atoms with Crippen LogP contribution in [0.2, 0.25) is 0 Å². The van der Waals surface area contributed by atoms with Crippen LogP contribution in [0, 0.1) is 5.92 Å². The van der Waals surface area contributed by atoms with Gasteiger partial charge in [0.2, 0.25) is 0 Å². The maximum absolute atomic E-state index is 13.5. The van der Waals surface area contributed by atoms with E-state index in [-0.39, 0.29) is 12.1 Å². The molecule has 1 N–H and O–H groups in total. The number of amides is 1. The van der Waals surface area contributed by atoms with Crippen LogP contribution in [0.15, 0.2) is 78.9 Å². The molecule has 0 bridgehead atoms. The summed E-state index contributed by atoms with van der Waals surface area (Å²) in [5, 5.41) is 3.59. The van der Waals surface area contributed by atoms with Crippen LogP contribution < -0.4 is 10.1 Å². The monoisotopic (exact) mass is 414 g/mol. The zero-order valence-electron chi connectivity index (χ0n) is 18.3. The van der Waals surface area contributed by atoms with Gasteiger partial charge in [-0.3, -0.25) is 4.79 Å². The Bertz CT molecular complexity index is 1020. The molecule has 1 aliphatic heterocycles. The summed E-state index contributed by atoms with van der Waals surface area (Å²) in [6.07, 6.45) is 1.51. The molecule has 1 atom stereocenters. The number of ether oxygens (including phenoxy) is 1. The fourth-order valence-electron chi connectivity index (χ4n) is 3.91. The first-order valence-electron chi connectivity index (χ1n) is 11.1. The highest BCUT2D eigenvalue weighted by molar-refractivity contribution is 6.01. The maximum Gasteiger partial charge on any atom is 0.257 e. The molecule has 1 aliphatic rings. The molecule has 0 spiro atoms. The summed E-state index contributed by atoms with van der Waals surface area (Å²) < 4.78 is 6.16. The molecule has 0 radical (unpaired) electrons. The maximum atomic E-state index is 13.5. The van der Waals surface area contributed by atoms with E-state index in [2.05, 4.69) is 37.4 Å². The number of hydrogen-bond acceptors (Lipinski definition) is 3. The molecule has 0 saturated heterocycles. The van der Waals surface area contributed by atoms with E-state index in [0.717, 1.165) is 29.8 Å². The van der Waals surface area contributed by atoms with E-state index in [4.69, 9.17) is 4.74 Å². The van der Waals surface area contributed by atoms with Crippen molar-refractivity contribution in [2.75, 3.05) is 18.5 Å². The highest BCUT2D eigenvalue weighted by Crippen LogP contribution is 2.37. The van der Waals surface area contributed by atoms with Gasteiger partial charge in [0, 0.05) is 17.8 Å². The van der Waals surface area contributed by atoms with Crippen molar-refractivity contribution in [2.24, 2.45) is 5.92 Å². The lowest BCUT2D eigenvalue weighted by Crippen LogP contribution is -2.44. The summed E-state index contributed by atoms with van der Waals surface area (Å²) >= 11 is 0. The number of nitrogens with zero attached hydrogens (tertiary/aromatic N) is 1. The summed E-state index contributed by atoms with van der Waals surface area (Å²) in [4.78, 5) is 15.4. The third kappa shape index (κ3) is 4.91. The second kappa shape index (κ2) is 9.69. The predicted octanol–water partition coefficient (Wildman–Crippen LogP) is 5.92. The van der Waals surface area contributed by atoms with Crippen LogP contribution in [0.3, 0.4) is 0 Å². The highest BCUT2D eigenvalue weighted by atomic mass is 16.5. The summed E-state index contributed by atoms with van der Waals surface area (Å²) in [5.74, 6) is 1.46. The smallest absolute Gasteiger partial charge is 0.257 e. The Kier molecular flexibility index (Phi) is 6.56. The van der Waals surface area contributed by atoms with Crippen LogP contribution in [0.1, 0.15) is 47.9 Å². The Morgan fingerprint density at radius 1 is 0.935 bits per heavy atom. The van der Waals surface area contributed by atoms with Crippen LogP contribution in [-0.2, 0) is 6.42 Å². The lowest BCUT2D eigenvalue weighted by Gasteiger charge is -2.38. The van der Waals surface area contributed by atoms with Crippen molar-refractivity contribution in [3.63, 3.8) is 0 Å². The van der Waals surface area contributed by atoms with Gasteiger partial charge in [0.25, 0.3) is 5.91 Å². The first-order valence-corrected chi connectivity index (χ1v) is 11.1. The molecule has 0 fully saturated rings. The third-order valence-corrected chi connectivity index (χ3v) is 5.67. The van der Waals surface area contributed by atoms with Gasteiger partial charge in [-0.15, -0.1) is 0 Å². The molecule has 4 nitrogen and oxygen atoms in total. The van der Waals surface area contributed by atoms with Crippen molar-refractivity contribution in [3.8, 4) is 5.75 Å². The van der Waals surface area contributed by atoms with Crippen LogP contribution in [0.4, 0.5) is 5.69 Å². The van der Waals surface area contributed by atoms with Crippen LogP contribution in [0.25, 0.3) is 0 Å². The Morgan fingerprint density at radius 2 is 1.65 bits per heavy atom. The molecule has 0 aromatic heterocycles. The van der Waals surface area contributed by atoms with Crippen molar-refractivity contribution >= 4 is 11.6 Å². The van der Waals surface area contributed by atoms with Gasteiger partial charge in [0.1, 0.15) is 11.9 Å². The number of nitrogens with one attached hydrogen (secondary N) is 1. The van der Waals surface area contributed by atoms with Gasteiger partial charge in [-0.25, -0.2) is 0 Å². The summed E-state index contributed by atoms with van der Waals surface area (Å²) in [6, 6.07) is 26.1. The molecule has 3 aromatic rings. The number of rotatable bonds is 8. The van der Waals surface area contributed by atoms with Crippen molar-refractivity contribution in [3.05, 3.63) is 95.6 Å². The molecule has 1 amide bonds. The first kappa shape index (κ1) is 21.0. The number of hydrogen-bond donors (Lipinski definition) is 1. The highest BCUT2D eigenvalue weighted by Gasteiger charge is 2.34. The van der Waals surface area contributed by atoms with E-state index >= 15 is 0 Å². The van der Waals surface area contributed by atoms with E-state index in [1.165, 1.54) is 5.56 Å². The topological polar surface area (TPSA) is 41.6 Å². The average molecular weight is 415 g/mol. The second-order valence-electron chi connectivity index (χ2n) is 8.40. The number of carbonyl (C=O) groups is 1. The fourth-order valence-corrected chi connectivity index (χ4v) is 3.91. The molecule has 160 valence electrons. The molecular weight excluding hydrogens is 384 g/mol. The average Bonchev–Trinajstić information content (AvgIpc) is 2.79. The Balaban J connectivity index is 1.64. The predicted molar refractivity (Wildman–Crippen MR) is 125 cm³/mol. The van der Waals surface area contributed by atoms with Crippen molar-refractivity contribution in [1.29, 1.82) is 0 Å². The number of fused-ring (bicyclic) bond motifs is 1. The van der Waals surface area contributed by atoms with Gasteiger partial charge in [-0.2, -0.15) is 0 Å². The van der Waals surface area contributed by atoms with E-state index in [9.17, 15) is 4.79 Å². The fraction of sp³-hybridized carbons (Fsp3) is 0.296. The molecule has 3 aromatic carbocycles. The minimum Gasteiger partial charge on any atom is -0.493 e. The molecule has 31 heavy (non-hydrogen) atoms. The van der Waals surface area contributed by atoms with E-state index in [0.29, 0.717) is 24.6 Å². The molecule has 0 aliphatic carbocycles. The lowest BCUT2D eigenvalue weighted by atomic mass is 10.0. The Morgan fingerprint density at radius 3 is 2.45 bits per heavy atom. The van der Waals surface area contributed by atoms with E-state index < -0.39 is 0 Å². The normalized spacial score (nSPS) is 15.5. The summed E-state index contributed by atoms with van der Waals surface area (Å²) in [7, 11) is 0. The van der Waals surface area contributed by atoms with Crippen molar-refractivity contribution in [1.82, 2.24) is 4.90 Å². The van der Waals surface area contributed by atoms with Crippen LogP contribution in [0.5, 0.6) is 5.75 Å². The Hall–Kier alpha value is -3.27. The SMILES string of the molecule is CC(C)CCOc1ccccc1C1Nc2ccccc2C(=O)N1CCc1ccccc1. The quantitative estimate of drug-likeness (QED) is 0.497. The second-order valence-corrected chi connectivity index (χ2v) is 8.40. The van der Waals surface area contributed by atoms with Crippen molar-refractivity contribution in [2.45, 2.75) is 32.9 Å². The Labute approximate surface area is 184 Å². The van der Waals surface area contributed by atoms with Gasteiger partial charge < -0.3 is 15.0 Å². The van der Waals surface area contributed by atoms with Gasteiger partial charge >= 0.3 is 0 Å². The summed E-state index contributed by atoms with van der Waals surface area (Å²) in [6.45, 7) is 5.67. The number of para-hydroxylation sites is 2. The summed E-state index contributed by atoms with van der Waals surface area (Å²) in [5.41, 5.74) is 3.78. The van der Waals surface area contributed by atoms with Gasteiger partial charge in [-0.1, -0.05) is 74.5 Å².